The van der Waals surface area contributed by atoms with Gasteiger partial charge in [0.25, 0.3) is 0 Å². The molecule has 272 valence electrons. The third-order valence-corrected chi connectivity index (χ3v) is 11.6. The number of nitrogens with zero attached hydrogens (tertiary/aromatic N) is 2. The number of para-hydroxylation sites is 3. The summed E-state index contributed by atoms with van der Waals surface area (Å²) >= 11 is 0. The minimum Gasteiger partial charge on any atom is -0.310 e. The van der Waals surface area contributed by atoms with Crippen LogP contribution in [-0.2, 0) is 0 Å². The third kappa shape index (κ3) is 5.91. The molecule has 0 bridgehead atoms. The summed E-state index contributed by atoms with van der Waals surface area (Å²) in [4.78, 5) is 2.36. The zero-order valence-electron chi connectivity index (χ0n) is 31.8. The Kier molecular flexibility index (Phi) is 8.19. The molecule has 0 amide bonds. The molecule has 0 saturated heterocycles. The molecule has 0 atom stereocenters. The summed E-state index contributed by atoms with van der Waals surface area (Å²) in [6.45, 7) is 0. The first-order valence-electron chi connectivity index (χ1n) is 19.9. The monoisotopic (exact) mass is 738 g/mol. The maximum Gasteiger partial charge on any atom is 0.0541 e. The van der Waals surface area contributed by atoms with Gasteiger partial charge in [-0.25, -0.2) is 0 Å². The van der Waals surface area contributed by atoms with Gasteiger partial charge in [0.05, 0.1) is 16.7 Å². The van der Waals surface area contributed by atoms with Crippen LogP contribution >= 0.6 is 0 Å². The van der Waals surface area contributed by atoms with Crippen LogP contribution in [0, 0.1) is 0 Å². The molecule has 2 heteroatoms. The van der Waals surface area contributed by atoms with Crippen molar-refractivity contribution in [2.24, 2.45) is 0 Å². The molecule has 0 fully saturated rings. The van der Waals surface area contributed by atoms with E-state index in [1.807, 2.05) is 0 Å². The number of hydrogen-bond acceptors (Lipinski definition) is 1. The first kappa shape index (κ1) is 33.6. The number of rotatable bonds is 7. The standard InChI is InChI=1S/C56H38N2/c1-3-14-43-36-46(25-24-39(43)12-1)42-28-33-49(34-29-42)57(50-35-30-40-13-2-4-15-45(40)38-50)48-31-26-41(27-32-48)44-16-11-17-47(37-44)51-18-5-8-21-54(51)58-55-22-9-6-19-52(55)53-20-7-10-23-56(53)58/h1-38H. The summed E-state index contributed by atoms with van der Waals surface area (Å²) in [6.07, 6.45) is 0. The van der Waals surface area contributed by atoms with Gasteiger partial charge in [-0.05, 0) is 116 Å². The second kappa shape index (κ2) is 14.1. The zero-order valence-corrected chi connectivity index (χ0v) is 31.8. The van der Waals surface area contributed by atoms with Crippen molar-refractivity contribution in [1.29, 1.82) is 0 Å². The molecular formula is C56H38N2. The number of aromatic nitrogens is 1. The van der Waals surface area contributed by atoms with E-state index in [1.54, 1.807) is 0 Å². The average molecular weight is 739 g/mol. The highest BCUT2D eigenvalue weighted by Crippen LogP contribution is 2.40. The molecule has 0 aliphatic carbocycles. The van der Waals surface area contributed by atoms with Gasteiger partial charge >= 0.3 is 0 Å². The lowest BCUT2D eigenvalue weighted by molar-refractivity contribution is 1.18. The third-order valence-electron chi connectivity index (χ3n) is 11.6. The van der Waals surface area contributed by atoms with E-state index in [0.29, 0.717) is 0 Å². The van der Waals surface area contributed by atoms with Crippen LogP contribution < -0.4 is 4.90 Å². The molecule has 0 aliphatic heterocycles. The van der Waals surface area contributed by atoms with Crippen LogP contribution in [0.25, 0.3) is 82.4 Å². The summed E-state index contributed by atoms with van der Waals surface area (Å²) in [5, 5.41) is 7.48. The van der Waals surface area contributed by atoms with Gasteiger partial charge in [-0.2, -0.15) is 0 Å². The number of fused-ring (bicyclic) bond motifs is 5. The highest BCUT2D eigenvalue weighted by atomic mass is 15.1. The van der Waals surface area contributed by atoms with E-state index in [0.717, 1.165) is 17.1 Å². The van der Waals surface area contributed by atoms with Gasteiger partial charge < -0.3 is 9.47 Å². The van der Waals surface area contributed by atoms with Gasteiger partial charge in [0.2, 0.25) is 0 Å². The van der Waals surface area contributed by atoms with E-state index >= 15 is 0 Å². The molecule has 0 radical (unpaired) electrons. The van der Waals surface area contributed by atoms with Crippen molar-refractivity contribution >= 4 is 60.4 Å². The number of anilines is 3. The fraction of sp³-hybridized carbons (Fsp3) is 0. The molecule has 0 spiro atoms. The smallest absolute Gasteiger partial charge is 0.0541 e. The highest BCUT2D eigenvalue weighted by Gasteiger charge is 2.17. The second-order valence-electron chi connectivity index (χ2n) is 15.0. The predicted octanol–water partition coefficient (Wildman–Crippen LogP) is 15.6. The van der Waals surface area contributed by atoms with E-state index in [2.05, 4.69) is 240 Å². The Morgan fingerprint density at radius 2 is 0.741 bits per heavy atom. The Balaban J connectivity index is 0.965. The quantitative estimate of drug-likeness (QED) is 0.158. The molecule has 2 nitrogen and oxygen atoms in total. The number of hydrogen-bond donors (Lipinski definition) is 0. The lowest BCUT2D eigenvalue weighted by Crippen LogP contribution is -2.09. The van der Waals surface area contributed by atoms with Gasteiger partial charge in [0, 0.05) is 33.4 Å². The molecule has 0 N–H and O–H groups in total. The maximum absolute atomic E-state index is 2.41. The first-order chi connectivity index (χ1) is 28.7. The van der Waals surface area contributed by atoms with E-state index in [9.17, 15) is 0 Å². The molecule has 1 heterocycles. The Labute approximate surface area is 338 Å². The maximum atomic E-state index is 2.41. The molecule has 0 unspecified atom stereocenters. The van der Waals surface area contributed by atoms with Crippen molar-refractivity contribution < 1.29 is 0 Å². The Morgan fingerprint density at radius 3 is 1.40 bits per heavy atom. The van der Waals surface area contributed by atoms with Gasteiger partial charge in [0.15, 0.2) is 0 Å². The van der Waals surface area contributed by atoms with Crippen molar-refractivity contribution in [2.75, 3.05) is 4.90 Å². The van der Waals surface area contributed by atoms with E-state index in [4.69, 9.17) is 0 Å². The average Bonchev–Trinajstić information content (AvgIpc) is 3.64. The molecular weight excluding hydrogens is 701 g/mol. The second-order valence-corrected chi connectivity index (χ2v) is 15.0. The summed E-state index contributed by atoms with van der Waals surface area (Å²) in [7, 11) is 0. The van der Waals surface area contributed by atoms with Crippen LogP contribution in [0.2, 0.25) is 0 Å². The molecule has 0 aliphatic rings. The van der Waals surface area contributed by atoms with Gasteiger partial charge in [-0.3, -0.25) is 0 Å². The Morgan fingerprint density at radius 1 is 0.276 bits per heavy atom. The molecule has 0 saturated carbocycles. The van der Waals surface area contributed by atoms with Crippen LogP contribution in [0.3, 0.4) is 0 Å². The summed E-state index contributed by atoms with van der Waals surface area (Å²) in [5.74, 6) is 0. The molecule has 1 aromatic heterocycles. The molecule has 58 heavy (non-hydrogen) atoms. The lowest BCUT2D eigenvalue weighted by Gasteiger charge is -2.26. The molecule has 10 aromatic carbocycles. The fourth-order valence-corrected chi connectivity index (χ4v) is 8.70. The molecule has 11 rings (SSSR count). The largest absolute Gasteiger partial charge is 0.310 e. The lowest BCUT2D eigenvalue weighted by atomic mass is 9.97. The van der Waals surface area contributed by atoms with Crippen LogP contribution in [0.4, 0.5) is 17.1 Å². The minimum absolute atomic E-state index is 1.10. The fourth-order valence-electron chi connectivity index (χ4n) is 8.70. The van der Waals surface area contributed by atoms with Gasteiger partial charge in [0.1, 0.15) is 0 Å². The van der Waals surface area contributed by atoms with E-state index < -0.39 is 0 Å². The highest BCUT2D eigenvalue weighted by molar-refractivity contribution is 6.09. The zero-order chi connectivity index (χ0) is 38.4. The SMILES string of the molecule is c1cc(-c2ccc(N(c3ccc(-c4ccc5ccccc5c4)cc3)c3ccc4ccccc4c3)cc2)cc(-c2ccccc2-n2c3ccccc3c3ccccc32)c1. The normalized spacial score (nSPS) is 11.4. The van der Waals surface area contributed by atoms with Crippen LogP contribution in [0.1, 0.15) is 0 Å². The van der Waals surface area contributed by atoms with Crippen LogP contribution in [-0.4, -0.2) is 4.57 Å². The van der Waals surface area contributed by atoms with Crippen molar-refractivity contribution in [3.8, 4) is 39.1 Å². The van der Waals surface area contributed by atoms with E-state index in [-0.39, 0.29) is 0 Å². The van der Waals surface area contributed by atoms with Crippen LogP contribution in [0.15, 0.2) is 231 Å². The predicted molar refractivity (Wildman–Crippen MR) is 247 cm³/mol. The van der Waals surface area contributed by atoms with Gasteiger partial charge in [-0.15, -0.1) is 0 Å². The van der Waals surface area contributed by atoms with Crippen molar-refractivity contribution in [3.05, 3.63) is 231 Å². The molecule has 11 aromatic rings. The van der Waals surface area contributed by atoms with Crippen LogP contribution in [0.5, 0.6) is 0 Å². The van der Waals surface area contributed by atoms with E-state index in [1.165, 1.54) is 82.4 Å². The topological polar surface area (TPSA) is 8.17 Å². The Bertz CT molecular complexity index is 3230. The summed E-state index contributed by atoms with van der Waals surface area (Å²) in [5.41, 5.74) is 14.1. The van der Waals surface area contributed by atoms with Gasteiger partial charge in [-0.1, -0.05) is 164 Å². The number of benzene rings is 10. The summed E-state index contributed by atoms with van der Waals surface area (Å²) in [6, 6.07) is 83.7. The summed E-state index contributed by atoms with van der Waals surface area (Å²) < 4.78 is 2.41. The van der Waals surface area contributed by atoms with Crippen molar-refractivity contribution in [1.82, 2.24) is 4.57 Å². The van der Waals surface area contributed by atoms with Crippen molar-refractivity contribution in [3.63, 3.8) is 0 Å². The Hall–Kier alpha value is -7.68. The van der Waals surface area contributed by atoms with Crippen molar-refractivity contribution in [2.45, 2.75) is 0 Å². The first-order valence-corrected chi connectivity index (χ1v) is 19.9. The minimum atomic E-state index is 1.10.